The Morgan fingerprint density at radius 2 is 2.19 bits per heavy atom. The number of benzene rings is 1. The molecule has 16 heavy (non-hydrogen) atoms. The van der Waals surface area contributed by atoms with Gasteiger partial charge in [-0.2, -0.15) is 0 Å². The summed E-state index contributed by atoms with van der Waals surface area (Å²) in [5.41, 5.74) is 1.25. The molecule has 0 bridgehead atoms. The minimum absolute atomic E-state index is 0.758. The van der Waals surface area contributed by atoms with Gasteiger partial charge in [0.15, 0.2) is 0 Å². The maximum absolute atomic E-state index is 5.65. The third-order valence-electron chi connectivity index (χ3n) is 2.96. The predicted octanol–water partition coefficient (Wildman–Crippen LogP) is 2.76. The molecule has 88 valence electrons. The van der Waals surface area contributed by atoms with Gasteiger partial charge in [0.1, 0.15) is 12.4 Å². The van der Waals surface area contributed by atoms with E-state index in [9.17, 15) is 0 Å². The Morgan fingerprint density at radius 3 is 2.94 bits per heavy atom. The van der Waals surface area contributed by atoms with Gasteiger partial charge in [0.05, 0.1) is 0 Å². The van der Waals surface area contributed by atoms with E-state index in [4.69, 9.17) is 4.74 Å². The van der Waals surface area contributed by atoms with Crippen molar-refractivity contribution >= 4 is 0 Å². The summed E-state index contributed by atoms with van der Waals surface area (Å²) < 4.78 is 5.65. The molecule has 2 heteroatoms. The highest BCUT2D eigenvalue weighted by Crippen LogP contribution is 2.31. The first-order valence-electron chi connectivity index (χ1n) is 6.25. The molecule has 1 saturated carbocycles. The highest BCUT2D eigenvalue weighted by molar-refractivity contribution is 5.27. The molecule has 1 fully saturated rings. The van der Waals surface area contributed by atoms with E-state index in [1.54, 1.807) is 0 Å². The van der Waals surface area contributed by atoms with E-state index in [1.807, 2.05) is 12.1 Å². The molecule has 0 heterocycles. The molecular weight excluding hydrogens is 198 g/mol. The van der Waals surface area contributed by atoms with Crippen molar-refractivity contribution < 1.29 is 4.74 Å². The zero-order valence-corrected chi connectivity index (χ0v) is 10.0. The van der Waals surface area contributed by atoms with Crippen LogP contribution in [0.1, 0.15) is 24.8 Å². The largest absolute Gasteiger partial charge is 0.492 e. The highest BCUT2D eigenvalue weighted by atomic mass is 16.5. The van der Waals surface area contributed by atoms with Crippen LogP contribution in [0.4, 0.5) is 0 Å². The average Bonchev–Trinajstić information content (AvgIpc) is 3.07. The van der Waals surface area contributed by atoms with Gasteiger partial charge in [-0.1, -0.05) is 25.0 Å². The average molecular weight is 219 g/mol. The van der Waals surface area contributed by atoms with Gasteiger partial charge in [-0.05, 0) is 43.5 Å². The first-order chi connectivity index (χ1) is 7.84. The zero-order valence-electron chi connectivity index (χ0n) is 10.0. The van der Waals surface area contributed by atoms with Gasteiger partial charge in [-0.15, -0.1) is 0 Å². The lowest BCUT2D eigenvalue weighted by molar-refractivity contribution is 0.313. The Balaban J connectivity index is 1.53. The Kier molecular flexibility index (Phi) is 4.23. The molecule has 2 rings (SSSR count). The Labute approximate surface area is 98.0 Å². The van der Waals surface area contributed by atoms with Crippen molar-refractivity contribution in [3.8, 4) is 5.75 Å². The highest BCUT2D eigenvalue weighted by Gasteiger charge is 2.19. The van der Waals surface area contributed by atoms with Gasteiger partial charge >= 0.3 is 0 Å². The Hall–Kier alpha value is -1.02. The molecule has 1 aliphatic rings. The van der Waals surface area contributed by atoms with Gasteiger partial charge in [0.2, 0.25) is 0 Å². The number of ether oxygens (including phenoxy) is 1. The molecule has 0 amide bonds. The van der Waals surface area contributed by atoms with E-state index < -0.39 is 0 Å². The van der Waals surface area contributed by atoms with Crippen molar-refractivity contribution in [3.05, 3.63) is 29.8 Å². The second-order valence-electron chi connectivity index (χ2n) is 4.65. The Bertz CT molecular complexity index is 320. The van der Waals surface area contributed by atoms with Crippen LogP contribution in [-0.2, 0) is 0 Å². The molecule has 2 nitrogen and oxygen atoms in total. The first-order valence-corrected chi connectivity index (χ1v) is 6.25. The summed E-state index contributed by atoms with van der Waals surface area (Å²) in [7, 11) is 0. The normalized spacial score (nSPS) is 15.1. The van der Waals surface area contributed by atoms with Crippen molar-refractivity contribution in [3.63, 3.8) is 0 Å². The van der Waals surface area contributed by atoms with E-state index in [2.05, 4.69) is 24.4 Å². The van der Waals surface area contributed by atoms with Gasteiger partial charge in [0, 0.05) is 6.54 Å². The summed E-state index contributed by atoms with van der Waals surface area (Å²) in [6.45, 7) is 4.93. The Morgan fingerprint density at radius 1 is 1.31 bits per heavy atom. The van der Waals surface area contributed by atoms with Crippen LogP contribution < -0.4 is 10.1 Å². The van der Waals surface area contributed by atoms with Crippen LogP contribution in [0.3, 0.4) is 0 Å². The summed E-state index contributed by atoms with van der Waals surface area (Å²) in [5.74, 6) is 1.99. The SMILES string of the molecule is Cc1cccc(OCCNCCC2CC2)c1. The fraction of sp³-hybridized carbons (Fsp3) is 0.571. The summed E-state index contributed by atoms with van der Waals surface area (Å²) in [5, 5.41) is 3.42. The number of hydrogen-bond acceptors (Lipinski definition) is 2. The summed E-state index contributed by atoms with van der Waals surface area (Å²) in [6, 6.07) is 8.20. The van der Waals surface area contributed by atoms with E-state index in [0.29, 0.717) is 0 Å². The van der Waals surface area contributed by atoms with Crippen molar-refractivity contribution in [1.29, 1.82) is 0 Å². The maximum Gasteiger partial charge on any atom is 0.119 e. The molecule has 0 saturated heterocycles. The minimum Gasteiger partial charge on any atom is -0.492 e. The zero-order chi connectivity index (χ0) is 11.2. The lowest BCUT2D eigenvalue weighted by atomic mass is 10.2. The van der Waals surface area contributed by atoms with Crippen LogP contribution in [-0.4, -0.2) is 19.7 Å². The topological polar surface area (TPSA) is 21.3 Å². The molecule has 1 N–H and O–H groups in total. The molecule has 1 aliphatic carbocycles. The molecule has 1 aromatic carbocycles. The lowest BCUT2D eigenvalue weighted by Gasteiger charge is -2.07. The van der Waals surface area contributed by atoms with E-state index >= 15 is 0 Å². The number of aryl methyl sites for hydroxylation is 1. The van der Waals surface area contributed by atoms with Crippen LogP contribution in [0.15, 0.2) is 24.3 Å². The maximum atomic E-state index is 5.65. The van der Waals surface area contributed by atoms with Crippen LogP contribution in [0, 0.1) is 12.8 Å². The van der Waals surface area contributed by atoms with Crippen molar-refractivity contribution in [1.82, 2.24) is 5.32 Å². The third kappa shape index (κ3) is 4.23. The molecule has 0 aliphatic heterocycles. The molecule has 1 aromatic rings. The van der Waals surface area contributed by atoms with Crippen LogP contribution in [0.2, 0.25) is 0 Å². The van der Waals surface area contributed by atoms with Crippen LogP contribution in [0.25, 0.3) is 0 Å². The molecule has 0 spiro atoms. The third-order valence-corrected chi connectivity index (χ3v) is 2.96. The van der Waals surface area contributed by atoms with Gasteiger partial charge in [-0.25, -0.2) is 0 Å². The molecule has 0 unspecified atom stereocenters. The predicted molar refractivity (Wildman–Crippen MR) is 66.9 cm³/mol. The minimum atomic E-state index is 0.758. The van der Waals surface area contributed by atoms with Crippen molar-refractivity contribution in [2.45, 2.75) is 26.2 Å². The fourth-order valence-electron chi connectivity index (χ4n) is 1.78. The fourth-order valence-corrected chi connectivity index (χ4v) is 1.78. The summed E-state index contributed by atoms with van der Waals surface area (Å²) in [4.78, 5) is 0. The monoisotopic (exact) mass is 219 g/mol. The second-order valence-corrected chi connectivity index (χ2v) is 4.65. The van der Waals surface area contributed by atoms with E-state index in [0.717, 1.165) is 31.4 Å². The molecular formula is C14H21NO. The van der Waals surface area contributed by atoms with Crippen LogP contribution >= 0.6 is 0 Å². The van der Waals surface area contributed by atoms with E-state index in [-0.39, 0.29) is 0 Å². The van der Waals surface area contributed by atoms with Gasteiger partial charge in [0.25, 0.3) is 0 Å². The number of hydrogen-bond donors (Lipinski definition) is 1. The molecule has 0 aromatic heterocycles. The summed E-state index contributed by atoms with van der Waals surface area (Å²) in [6.07, 6.45) is 4.23. The quantitative estimate of drug-likeness (QED) is 0.712. The van der Waals surface area contributed by atoms with Gasteiger partial charge < -0.3 is 10.1 Å². The second kappa shape index (κ2) is 5.90. The number of nitrogens with one attached hydrogen (secondary N) is 1. The van der Waals surface area contributed by atoms with Gasteiger partial charge in [-0.3, -0.25) is 0 Å². The lowest BCUT2D eigenvalue weighted by Crippen LogP contribution is -2.22. The van der Waals surface area contributed by atoms with Crippen molar-refractivity contribution in [2.24, 2.45) is 5.92 Å². The summed E-state index contributed by atoms with van der Waals surface area (Å²) >= 11 is 0. The standard InChI is InChI=1S/C14H21NO/c1-12-3-2-4-14(11-12)16-10-9-15-8-7-13-5-6-13/h2-4,11,13,15H,5-10H2,1H3. The first kappa shape index (κ1) is 11.5. The molecule has 0 radical (unpaired) electrons. The smallest absolute Gasteiger partial charge is 0.119 e. The van der Waals surface area contributed by atoms with Crippen molar-refractivity contribution in [2.75, 3.05) is 19.7 Å². The number of rotatable bonds is 7. The van der Waals surface area contributed by atoms with Crippen LogP contribution in [0.5, 0.6) is 5.75 Å². The van der Waals surface area contributed by atoms with E-state index in [1.165, 1.54) is 24.8 Å². The molecule has 0 atom stereocenters.